The van der Waals surface area contributed by atoms with Crippen LogP contribution < -0.4 is 10.5 Å². The lowest BCUT2D eigenvalue weighted by atomic mass is 10.2. The van der Waals surface area contributed by atoms with E-state index >= 15 is 0 Å². The zero-order valence-corrected chi connectivity index (χ0v) is 11.5. The lowest BCUT2D eigenvalue weighted by Crippen LogP contribution is -2.27. The number of sulfonamides is 1. The fourth-order valence-electron chi connectivity index (χ4n) is 1.62. The molecule has 0 amide bonds. The second-order valence-corrected chi connectivity index (χ2v) is 6.01. The number of benzene rings is 1. The van der Waals surface area contributed by atoms with Gasteiger partial charge in [-0.2, -0.15) is 0 Å². The van der Waals surface area contributed by atoms with Gasteiger partial charge in [0.15, 0.2) is 0 Å². The minimum absolute atomic E-state index is 0.223. The molecule has 0 saturated carbocycles. The number of hydrogen-bond acceptors (Lipinski definition) is 4. The molecule has 0 spiro atoms. The zero-order valence-electron chi connectivity index (χ0n) is 10.7. The summed E-state index contributed by atoms with van der Waals surface area (Å²) in [6, 6.07) is 4.67. The second kappa shape index (κ2) is 6.17. The monoisotopic (exact) mass is 272 g/mol. The van der Waals surface area contributed by atoms with Crippen LogP contribution in [-0.2, 0) is 10.0 Å². The molecule has 0 aromatic heterocycles. The quantitative estimate of drug-likeness (QED) is 0.674. The molecule has 5 nitrogen and oxygen atoms in total. The van der Waals surface area contributed by atoms with Crippen LogP contribution in [0.5, 0.6) is 0 Å². The summed E-state index contributed by atoms with van der Waals surface area (Å²) >= 11 is 0. The van der Waals surface area contributed by atoms with Gasteiger partial charge in [-0.15, -0.1) is 0 Å². The minimum Gasteiger partial charge on any atom is -0.399 e. The van der Waals surface area contributed by atoms with E-state index in [0.717, 1.165) is 0 Å². The normalized spacial score (nSPS) is 13.5. The van der Waals surface area contributed by atoms with Crippen LogP contribution in [0.1, 0.15) is 25.3 Å². The smallest absolute Gasteiger partial charge is 0.240 e. The van der Waals surface area contributed by atoms with Crippen LogP contribution in [0.2, 0.25) is 0 Å². The van der Waals surface area contributed by atoms with Gasteiger partial charge in [0.25, 0.3) is 0 Å². The Kier molecular flexibility index (Phi) is 5.13. The van der Waals surface area contributed by atoms with Gasteiger partial charge in [-0.3, -0.25) is 0 Å². The van der Waals surface area contributed by atoms with E-state index < -0.39 is 16.1 Å². The highest BCUT2D eigenvalue weighted by atomic mass is 32.2. The fourth-order valence-corrected chi connectivity index (χ4v) is 2.89. The van der Waals surface area contributed by atoms with Crippen molar-refractivity contribution in [2.45, 2.75) is 37.7 Å². The summed E-state index contributed by atoms with van der Waals surface area (Å²) in [5.74, 6) is 0. The van der Waals surface area contributed by atoms with Gasteiger partial charge in [-0.1, -0.05) is 6.92 Å². The second-order valence-electron chi connectivity index (χ2n) is 4.27. The highest BCUT2D eigenvalue weighted by molar-refractivity contribution is 7.89. The Bertz CT molecular complexity index is 500. The van der Waals surface area contributed by atoms with E-state index in [4.69, 9.17) is 5.73 Å². The fraction of sp³-hybridized carbons (Fsp3) is 0.500. The number of hydrogen-bond donors (Lipinski definition) is 3. The lowest BCUT2D eigenvalue weighted by molar-refractivity contribution is 0.162. The van der Waals surface area contributed by atoms with Gasteiger partial charge < -0.3 is 10.8 Å². The van der Waals surface area contributed by atoms with E-state index in [2.05, 4.69) is 4.72 Å². The highest BCUT2D eigenvalue weighted by Gasteiger charge is 2.16. The third kappa shape index (κ3) is 3.97. The highest BCUT2D eigenvalue weighted by Crippen LogP contribution is 2.17. The largest absolute Gasteiger partial charge is 0.399 e. The molecule has 1 unspecified atom stereocenters. The first-order valence-corrected chi connectivity index (χ1v) is 7.39. The van der Waals surface area contributed by atoms with Gasteiger partial charge in [0.2, 0.25) is 10.0 Å². The first-order chi connectivity index (χ1) is 8.36. The van der Waals surface area contributed by atoms with Crippen LogP contribution in [-0.4, -0.2) is 26.2 Å². The van der Waals surface area contributed by atoms with Gasteiger partial charge in [0.1, 0.15) is 0 Å². The third-order valence-corrected chi connectivity index (χ3v) is 4.35. The molecule has 0 bridgehead atoms. The molecule has 6 heteroatoms. The van der Waals surface area contributed by atoms with Gasteiger partial charge in [0.05, 0.1) is 11.0 Å². The van der Waals surface area contributed by atoms with E-state index in [-0.39, 0.29) is 11.4 Å². The number of rotatable bonds is 6. The summed E-state index contributed by atoms with van der Waals surface area (Å²) in [5, 5.41) is 9.36. The number of nitrogens with one attached hydrogen (secondary N) is 1. The molecule has 0 fully saturated rings. The Balaban J connectivity index is 2.74. The van der Waals surface area contributed by atoms with E-state index in [1.54, 1.807) is 19.1 Å². The molecule has 1 aromatic carbocycles. The molecule has 0 aliphatic carbocycles. The summed E-state index contributed by atoms with van der Waals surface area (Å²) < 4.78 is 26.5. The molecular weight excluding hydrogens is 252 g/mol. The van der Waals surface area contributed by atoms with Crippen LogP contribution in [0, 0.1) is 6.92 Å². The maximum absolute atomic E-state index is 12.0. The minimum atomic E-state index is -3.53. The maximum Gasteiger partial charge on any atom is 0.240 e. The van der Waals surface area contributed by atoms with Crippen LogP contribution in [0.3, 0.4) is 0 Å². The first-order valence-electron chi connectivity index (χ1n) is 5.90. The topological polar surface area (TPSA) is 92.4 Å². The Morgan fingerprint density at radius 2 is 2.11 bits per heavy atom. The molecule has 0 saturated heterocycles. The van der Waals surface area contributed by atoms with Crippen molar-refractivity contribution in [3.63, 3.8) is 0 Å². The summed E-state index contributed by atoms with van der Waals surface area (Å²) in [7, 11) is -3.53. The molecular formula is C12H20N2O3S. The summed E-state index contributed by atoms with van der Waals surface area (Å²) in [6.45, 7) is 3.77. The van der Waals surface area contributed by atoms with Crippen molar-refractivity contribution in [1.29, 1.82) is 0 Å². The van der Waals surface area contributed by atoms with E-state index in [0.29, 0.717) is 24.1 Å². The van der Waals surface area contributed by atoms with E-state index in [9.17, 15) is 13.5 Å². The van der Waals surface area contributed by atoms with E-state index in [1.807, 2.05) is 6.92 Å². The molecule has 0 radical (unpaired) electrons. The third-order valence-electron chi connectivity index (χ3n) is 2.73. The van der Waals surface area contributed by atoms with Gasteiger partial charge >= 0.3 is 0 Å². The molecule has 1 aromatic rings. The van der Waals surface area contributed by atoms with Crippen molar-refractivity contribution < 1.29 is 13.5 Å². The predicted molar refractivity (Wildman–Crippen MR) is 71.7 cm³/mol. The Labute approximate surface area is 108 Å². The number of nitrogens with two attached hydrogens (primary N) is 1. The number of aliphatic hydroxyl groups excluding tert-OH is 1. The average molecular weight is 272 g/mol. The van der Waals surface area contributed by atoms with Crippen molar-refractivity contribution in [2.75, 3.05) is 12.3 Å². The average Bonchev–Trinajstić information content (AvgIpc) is 2.27. The van der Waals surface area contributed by atoms with Crippen molar-refractivity contribution in [1.82, 2.24) is 4.72 Å². The van der Waals surface area contributed by atoms with Gasteiger partial charge in [-0.05, 0) is 43.5 Å². The number of anilines is 1. The van der Waals surface area contributed by atoms with Crippen molar-refractivity contribution in [2.24, 2.45) is 0 Å². The standard InChI is InChI=1S/C12H20N2O3S/c1-3-11(15)6-7-14-18(16,17)12-5-4-10(13)8-9(12)2/h4-5,8,11,14-15H,3,6-7,13H2,1-2H3. The SMILES string of the molecule is CCC(O)CCNS(=O)(=O)c1ccc(N)cc1C. The molecule has 0 aliphatic heterocycles. The molecule has 102 valence electrons. The lowest BCUT2D eigenvalue weighted by Gasteiger charge is -2.11. The van der Waals surface area contributed by atoms with Crippen LogP contribution in [0.25, 0.3) is 0 Å². The number of nitrogen functional groups attached to an aromatic ring is 1. The Hall–Kier alpha value is -1.11. The Morgan fingerprint density at radius 1 is 1.44 bits per heavy atom. The number of aliphatic hydroxyl groups is 1. The molecule has 0 aliphatic rings. The van der Waals surface area contributed by atoms with Crippen LogP contribution in [0.4, 0.5) is 5.69 Å². The predicted octanol–water partition coefficient (Wildman–Crippen LogP) is 1.02. The van der Waals surface area contributed by atoms with Crippen molar-refractivity contribution >= 4 is 15.7 Å². The summed E-state index contributed by atoms with van der Waals surface area (Å²) in [5.41, 5.74) is 6.73. The van der Waals surface area contributed by atoms with Gasteiger partial charge in [0, 0.05) is 12.2 Å². The van der Waals surface area contributed by atoms with Crippen LogP contribution >= 0.6 is 0 Å². The molecule has 0 heterocycles. The van der Waals surface area contributed by atoms with Gasteiger partial charge in [-0.25, -0.2) is 13.1 Å². The Morgan fingerprint density at radius 3 is 2.67 bits per heavy atom. The first kappa shape index (κ1) is 14.9. The molecule has 4 N–H and O–H groups in total. The van der Waals surface area contributed by atoms with Crippen LogP contribution in [0.15, 0.2) is 23.1 Å². The molecule has 18 heavy (non-hydrogen) atoms. The summed E-state index contributed by atoms with van der Waals surface area (Å²) in [4.78, 5) is 0.225. The maximum atomic E-state index is 12.0. The van der Waals surface area contributed by atoms with Crippen molar-refractivity contribution in [3.05, 3.63) is 23.8 Å². The zero-order chi connectivity index (χ0) is 13.8. The molecule has 1 atom stereocenters. The van der Waals surface area contributed by atoms with Crippen molar-refractivity contribution in [3.8, 4) is 0 Å². The molecule has 1 rings (SSSR count). The number of aryl methyl sites for hydroxylation is 1. The summed E-state index contributed by atoms with van der Waals surface area (Å²) in [6.07, 6.45) is 0.548. The van der Waals surface area contributed by atoms with E-state index in [1.165, 1.54) is 6.07 Å².